The first-order chi connectivity index (χ1) is 50.7. The molecule has 4 amide bonds. The molecule has 12 rings (SSSR count). The molecule has 0 aliphatic heterocycles. The Labute approximate surface area is 596 Å². The van der Waals surface area contributed by atoms with E-state index in [0.717, 1.165) is 22.7 Å². The summed E-state index contributed by atoms with van der Waals surface area (Å²) in [4.78, 5) is 99.7. The van der Waals surface area contributed by atoms with E-state index >= 15 is 0 Å². The number of anilines is 14. The molecule has 32 nitrogen and oxygen atoms in total. The van der Waals surface area contributed by atoms with Gasteiger partial charge in [-0.1, -0.05) is 84.9 Å². The maximum atomic E-state index is 12.4. The molecule has 10 N–H and O–H groups in total. The molecule has 0 saturated carbocycles. The van der Waals surface area contributed by atoms with Crippen molar-refractivity contribution in [2.24, 2.45) is 0 Å². The zero-order valence-electron chi connectivity index (χ0n) is 57.2. The molecule has 0 spiro atoms. The molecule has 0 bridgehead atoms. The number of carbonyl (C=O) groups is 4. The van der Waals surface area contributed by atoms with Crippen molar-refractivity contribution in [3.63, 3.8) is 0 Å². The van der Waals surface area contributed by atoms with Gasteiger partial charge in [0.25, 0.3) is 23.6 Å². The number of nitrogens with zero attached hydrogens (tertiary/aromatic N) is 12. The minimum absolute atomic E-state index is 0.0723. The van der Waals surface area contributed by atoms with Crippen LogP contribution in [0.4, 0.5) is 82.2 Å². The van der Waals surface area contributed by atoms with Crippen LogP contribution in [-0.4, -0.2) is 140 Å². The first kappa shape index (κ1) is 73.5. The van der Waals surface area contributed by atoms with E-state index in [9.17, 15) is 19.2 Å². The normalized spacial score (nSPS) is 10.1. The smallest absolute Gasteiger partial charge is 0.322 e. The van der Waals surface area contributed by atoms with Gasteiger partial charge in [-0.15, -0.1) is 0 Å². The fourth-order valence-electron chi connectivity index (χ4n) is 8.63. The molecule has 104 heavy (non-hydrogen) atoms. The van der Waals surface area contributed by atoms with Crippen molar-refractivity contribution in [3.8, 4) is 35.0 Å². The largest absolute Gasteiger partial charge is 0.497 e. The zero-order valence-corrected chi connectivity index (χ0v) is 57.2. The summed E-state index contributed by atoms with van der Waals surface area (Å²) in [6.07, 6.45) is 0. The van der Waals surface area contributed by atoms with Gasteiger partial charge in [-0.3, -0.25) is 40.4 Å². The van der Waals surface area contributed by atoms with Gasteiger partial charge in [0.1, 0.15) is 23.0 Å². The van der Waals surface area contributed by atoms with Crippen LogP contribution >= 0.6 is 0 Å². The molecule has 4 heterocycles. The van der Waals surface area contributed by atoms with Crippen molar-refractivity contribution in [1.29, 1.82) is 0 Å². The molecule has 528 valence electrons. The molecule has 0 saturated heterocycles. The Bertz CT molecular complexity index is 4480. The number of aromatic nitrogens is 12. The van der Waals surface area contributed by atoms with E-state index in [1.54, 1.807) is 132 Å². The highest BCUT2D eigenvalue weighted by Crippen LogP contribution is 2.24. The average Bonchev–Trinajstić information content (AvgIpc) is 0.859. The van der Waals surface area contributed by atoms with Crippen LogP contribution < -0.4 is 81.6 Å². The number of hydrogen-bond acceptors (Lipinski definition) is 28. The number of carbonyl (C=O) groups excluding carboxylic acids is 4. The van der Waals surface area contributed by atoms with Crippen molar-refractivity contribution < 1.29 is 47.6 Å². The van der Waals surface area contributed by atoms with Gasteiger partial charge >= 0.3 is 12.0 Å². The number of para-hydroxylation sites is 4. The molecule has 0 atom stereocenters. The minimum atomic E-state index is -0.372. The second-order valence-corrected chi connectivity index (χ2v) is 20.8. The molecule has 0 aliphatic carbocycles. The average molecular weight is 1400 g/mol. The Morgan fingerprint density at radius 3 is 0.769 bits per heavy atom. The Kier molecular flexibility index (Phi) is 26.8. The van der Waals surface area contributed by atoms with Crippen LogP contribution in [0, 0.1) is 0 Å². The number of hydrogen-bond donors (Lipinski definition) is 10. The van der Waals surface area contributed by atoms with Crippen LogP contribution in [0.25, 0.3) is 0 Å². The van der Waals surface area contributed by atoms with Gasteiger partial charge in [-0.25, -0.2) is 0 Å². The van der Waals surface area contributed by atoms with Crippen molar-refractivity contribution in [3.05, 3.63) is 241 Å². The molecule has 0 fully saturated rings. The van der Waals surface area contributed by atoms with Crippen LogP contribution in [0.3, 0.4) is 0 Å². The van der Waals surface area contributed by atoms with Crippen LogP contribution in [0.5, 0.6) is 35.0 Å². The highest BCUT2D eigenvalue weighted by atomic mass is 16.5. The van der Waals surface area contributed by atoms with Crippen LogP contribution in [0.1, 0.15) is 41.4 Å². The van der Waals surface area contributed by atoms with E-state index in [-0.39, 0.29) is 71.3 Å². The predicted octanol–water partition coefficient (Wildman–Crippen LogP) is 11.6. The van der Waals surface area contributed by atoms with Crippen molar-refractivity contribution in [2.45, 2.75) is 0 Å². The number of ether oxygens (including phenoxy) is 6. The quantitative estimate of drug-likeness (QED) is 0.0269. The summed E-state index contributed by atoms with van der Waals surface area (Å²) < 4.78 is 30.6. The van der Waals surface area contributed by atoms with Gasteiger partial charge < -0.3 is 60.3 Å². The van der Waals surface area contributed by atoms with Crippen molar-refractivity contribution >= 4 is 106 Å². The summed E-state index contributed by atoms with van der Waals surface area (Å²) >= 11 is 0. The molecular formula is C72H70N22O10. The number of amides is 4. The van der Waals surface area contributed by atoms with Crippen molar-refractivity contribution in [1.82, 2.24) is 59.8 Å². The van der Waals surface area contributed by atoms with E-state index < -0.39 is 0 Å². The summed E-state index contributed by atoms with van der Waals surface area (Å²) in [5.41, 5.74) is 5.02. The highest BCUT2D eigenvalue weighted by Gasteiger charge is 2.17. The predicted molar refractivity (Wildman–Crippen MR) is 394 cm³/mol. The third kappa shape index (κ3) is 22.7. The lowest BCUT2D eigenvalue weighted by atomic mass is 10.2. The highest BCUT2D eigenvalue weighted by molar-refractivity contribution is 6.05. The van der Waals surface area contributed by atoms with E-state index in [4.69, 9.17) is 28.4 Å². The molecule has 12 aromatic rings. The fraction of sp³-hybridized carbons (Fsp3) is 0.111. The van der Waals surface area contributed by atoms with Gasteiger partial charge in [0.2, 0.25) is 59.5 Å². The molecule has 8 aromatic carbocycles. The standard InChI is InChI=1S/2C18H18N6O2.2C18H17N5O3/c1-19-16-22-17(20-13-8-4-3-5-9-13)24-18(23-16)21-15(25)12-7-6-10-14(11-12)26-2;1-19-16-22-17(20-13-6-4-3-5-7-13)24-18(23-16)21-15(25)12-8-10-14(26-2)11-9-12;1-25-14-10-6-7-12(11-14)15(24)20-17-21-16(22-18(23-17)26-2)19-13-8-4-3-5-9-13;1-25-14-10-8-12(9-11-14)15(24)20-17-21-16(22-18(23-17)26-2)19-13-6-4-3-5-7-13/h2*3-11H,1-2H3,(H3,19,20,21,22,23,24,25);2*3-11H,1-2H3,(H2,19,20,21,22,23,24). The van der Waals surface area contributed by atoms with Gasteiger partial charge in [-0.2, -0.15) is 59.8 Å². The summed E-state index contributed by atoms with van der Waals surface area (Å²) in [6.45, 7) is 0. The third-order valence-corrected chi connectivity index (χ3v) is 13.7. The summed E-state index contributed by atoms with van der Waals surface area (Å²) in [7, 11) is 12.5. The van der Waals surface area contributed by atoms with E-state index in [1.807, 2.05) is 121 Å². The first-order valence-corrected chi connectivity index (χ1v) is 31.3. The lowest BCUT2D eigenvalue weighted by Gasteiger charge is -2.10. The number of rotatable bonds is 24. The lowest BCUT2D eigenvalue weighted by Crippen LogP contribution is -2.16. The molecule has 32 heteroatoms. The Balaban J connectivity index is 0.000000161. The Morgan fingerprint density at radius 2 is 0.490 bits per heavy atom. The Hall–Kier alpha value is -14.7. The maximum Gasteiger partial charge on any atom is 0.322 e. The van der Waals surface area contributed by atoms with Crippen LogP contribution in [0.15, 0.2) is 218 Å². The SMILES string of the molecule is CNc1nc(NC(=O)c2ccc(OC)cc2)nc(Nc2ccccc2)n1.CNc1nc(NC(=O)c2cccc(OC)c2)nc(Nc2ccccc2)n1.COc1ccc(C(=O)Nc2nc(Nc3ccccc3)nc(OC)n2)cc1.COc1cccc(C(=O)Nc2nc(Nc3ccccc3)nc(OC)n2)c1. The van der Waals surface area contributed by atoms with Gasteiger partial charge in [-0.05, 0) is 133 Å². The van der Waals surface area contributed by atoms with Crippen molar-refractivity contribution in [2.75, 3.05) is 110 Å². The lowest BCUT2D eigenvalue weighted by molar-refractivity contribution is 0.101. The molecule has 0 radical (unpaired) electrons. The summed E-state index contributed by atoms with van der Waals surface area (Å²) in [5.74, 6) is 3.36. The second kappa shape index (κ2) is 37.9. The molecule has 0 aliphatic rings. The maximum absolute atomic E-state index is 12.4. The Morgan fingerprint density at radius 1 is 0.240 bits per heavy atom. The fourth-order valence-corrected chi connectivity index (χ4v) is 8.63. The second-order valence-electron chi connectivity index (χ2n) is 20.8. The topological polar surface area (TPSA) is 399 Å². The molecular weight excluding hydrogens is 1330 g/mol. The monoisotopic (exact) mass is 1400 g/mol. The van der Waals surface area contributed by atoms with Gasteiger partial charge in [0, 0.05) is 59.1 Å². The zero-order chi connectivity index (χ0) is 73.4. The first-order valence-electron chi connectivity index (χ1n) is 31.3. The van der Waals surface area contributed by atoms with Gasteiger partial charge in [0.05, 0.1) is 42.7 Å². The van der Waals surface area contributed by atoms with E-state index in [2.05, 4.69) is 113 Å². The third-order valence-electron chi connectivity index (χ3n) is 13.7. The summed E-state index contributed by atoms with van der Waals surface area (Å²) in [6, 6.07) is 65.0. The van der Waals surface area contributed by atoms with E-state index in [1.165, 1.54) is 21.3 Å². The number of benzene rings is 8. The van der Waals surface area contributed by atoms with Gasteiger partial charge in [0.15, 0.2) is 0 Å². The van der Waals surface area contributed by atoms with Crippen LogP contribution in [-0.2, 0) is 0 Å². The molecule has 0 unspecified atom stereocenters. The number of methoxy groups -OCH3 is 6. The molecule has 4 aromatic heterocycles. The summed E-state index contributed by atoms with van der Waals surface area (Å²) in [5, 5.41) is 28.5. The van der Waals surface area contributed by atoms with Crippen LogP contribution in [0.2, 0.25) is 0 Å². The number of nitrogens with one attached hydrogen (secondary N) is 10. The van der Waals surface area contributed by atoms with E-state index in [0.29, 0.717) is 69.0 Å². The minimum Gasteiger partial charge on any atom is -0.497 e.